The Balaban J connectivity index is 0.00000287. The summed E-state index contributed by atoms with van der Waals surface area (Å²) in [4.78, 5) is 57.3. The van der Waals surface area contributed by atoms with Crippen LogP contribution in [0.1, 0.15) is 97.4 Å². The minimum atomic E-state index is -0.895. The maximum Gasteiger partial charge on any atom is 0.303 e. The molecule has 1 saturated heterocycles. The summed E-state index contributed by atoms with van der Waals surface area (Å²) in [5.74, 6) is -1.66. The fourth-order valence-corrected chi connectivity index (χ4v) is 5.62. The third-order valence-corrected chi connectivity index (χ3v) is 8.06. The number of nitrogens with one attached hydrogen (secondary N) is 2. The first-order valence-electron chi connectivity index (χ1n) is 14.5. The van der Waals surface area contributed by atoms with Crippen LogP contribution in [0.2, 0.25) is 0 Å². The minimum Gasteiger partial charge on any atom is -0.481 e. The second kappa shape index (κ2) is 15.7. The number of carbonyl (C=O) groups is 4. The Kier molecular flexibility index (Phi) is 13.0. The van der Waals surface area contributed by atoms with Crippen molar-refractivity contribution in [2.24, 2.45) is 5.41 Å². The number of aliphatic carboxylic acids is 1. The first-order chi connectivity index (χ1) is 19.4. The zero-order valence-corrected chi connectivity index (χ0v) is 26.3. The van der Waals surface area contributed by atoms with Gasteiger partial charge in [0.1, 0.15) is 12.1 Å². The van der Waals surface area contributed by atoms with E-state index in [2.05, 4.69) is 15.6 Å². The van der Waals surface area contributed by atoms with E-state index < -0.39 is 23.5 Å². The Bertz CT molecular complexity index is 1170. The second-order valence-corrected chi connectivity index (χ2v) is 12.1. The van der Waals surface area contributed by atoms with Gasteiger partial charge in [0.15, 0.2) is 0 Å². The van der Waals surface area contributed by atoms with Crippen molar-refractivity contribution in [3.63, 3.8) is 0 Å². The van der Waals surface area contributed by atoms with Gasteiger partial charge in [-0.1, -0.05) is 58.9 Å². The summed E-state index contributed by atoms with van der Waals surface area (Å²) in [5.41, 5.74) is 4.30. The molecule has 0 aliphatic carbocycles. The van der Waals surface area contributed by atoms with E-state index in [1.807, 2.05) is 78.2 Å². The van der Waals surface area contributed by atoms with Gasteiger partial charge in [0.25, 0.3) is 0 Å². The van der Waals surface area contributed by atoms with Crippen LogP contribution in [-0.4, -0.2) is 57.3 Å². The van der Waals surface area contributed by atoms with E-state index in [9.17, 15) is 19.2 Å². The molecule has 9 nitrogen and oxygen atoms in total. The van der Waals surface area contributed by atoms with E-state index in [0.717, 1.165) is 21.7 Å². The number of unbranched alkanes of at least 4 members (excludes halogenated alkanes) is 1. The highest BCUT2D eigenvalue weighted by atomic mass is 32.1. The number of thiazole rings is 1. The Morgan fingerprint density at radius 3 is 2.27 bits per heavy atom. The Morgan fingerprint density at radius 2 is 1.71 bits per heavy atom. The molecule has 0 spiro atoms. The number of hydrogen-bond acceptors (Lipinski definition) is 6. The summed E-state index contributed by atoms with van der Waals surface area (Å²) < 4.78 is 0. The smallest absolute Gasteiger partial charge is 0.303 e. The molecule has 3 unspecified atom stereocenters. The largest absolute Gasteiger partial charge is 0.481 e. The third-order valence-electron chi connectivity index (χ3n) is 7.08. The minimum absolute atomic E-state index is 0.00777. The van der Waals surface area contributed by atoms with Gasteiger partial charge < -0.3 is 20.6 Å². The van der Waals surface area contributed by atoms with Gasteiger partial charge in [0.05, 0.1) is 22.1 Å². The van der Waals surface area contributed by atoms with Gasteiger partial charge in [0.2, 0.25) is 17.7 Å². The maximum atomic E-state index is 13.6. The lowest BCUT2D eigenvalue weighted by Crippen LogP contribution is -2.57. The van der Waals surface area contributed by atoms with Crippen molar-refractivity contribution >= 4 is 35.0 Å². The molecular weight excluding hydrogens is 540 g/mol. The molecule has 1 aromatic heterocycles. The van der Waals surface area contributed by atoms with Crippen molar-refractivity contribution in [1.82, 2.24) is 20.5 Å². The lowest BCUT2D eigenvalue weighted by Gasteiger charge is -2.35. The van der Waals surface area contributed by atoms with Gasteiger partial charge >= 0.3 is 5.97 Å². The zero-order valence-electron chi connectivity index (χ0n) is 25.5. The second-order valence-electron chi connectivity index (χ2n) is 11.3. The molecule has 2 aromatic rings. The van der Waals surface area contributed by atoms with Gasteiger partial charge in [-0.2, -0.15) is 0 Å². The van der Waals surface area contributed by atoms with Crippen molar-refractivity contribution in [2.45, 2.75) is 105 Å². The first kappa shape index (κ1) is 33.9. The molecule has 3 rings (SSSR count). The van der Waals surface area contributed by atoms with Gasteiger partial charge in [-0.15, -0.1) is 11.3 Å². The van der Waals surface area contributed by atoms with Crippen molar-refractivity contribution in [2.75, 3.05) is 6.54 Å². The van der Waals surface area contributed by atoms with E-state index in [-0.39, 0.29) is 36.6 Å². The standard InChI is InChI=1S/C29H40N4O5S.C2H6/c1-18(20-12-14-21(15-13-20)25-19(2)30-17-39-25)31-27(37)22-9-8-16-33(22)28(38)26(29(3,4)5)32-23(34)10-6-7-11-24(35)36;1-2/h12-15,17-18,22,26H,6-11,16H2,1-5H3,(H,31,37)(H,32,34)(H,35,36);1-2H3. The molecule has 1 aliphatic rings. The predicted molar refractivity (Wildman–Crippen MR) is 162 cm³/mol. The molecule has 3 N–H and O–H groups in total. The molecule has 2 heterocycles. The van der Waals surface area contributed by atoms with E-state index in [1.165, 1.54) is 0 Å². The van der Waals surface area contributed by atoms with Crippen LogP contribution >= 0.6 is 11.3 Å². The number of amides is 3. The molecular formula is C31H46N4O5S. The van der Waals surface area contributed by atoms with E-state index >= 15 is 0 Å². The number of aromatic nitrogens is 1. The van der Waals surface area contributed by atoms with Gasteiger partial charge in [-0.05, 0) is 56.1 Å². The zero-order chi connectivity index (χ0) is 30.7. The van der Waals surface area contributed by atoms with Gasteiger partial charge in [-0.25, -0.2) is 4.98 Å². The number of likely N-dealkylation sites (tertiary alicyclic amines) is 1. The van der Waals surface area contributed by atoms with Crippen molar-refractivity contribution < 1.29 is 24.3 Å². The Hall–Kier alpha value is -3.27. The monoisotopic (exact) mass is 586 g/mol. The fourth-order valence-electron chi connectivity index (χ4n) is 4.81. The quantitative estimate of drug-likeness (QED) is 0.299. The summed E-state index contributed by atoms with van der Waals surface area (Å²) in [6.45, 7) is 14.0. The number of carbonyl (C=O) groups excluding carboxylic acids is 3. The number of rotatable bonds is 11. The van der Waals surface area contributed by atoms with Crippen LogP contribution in [0.5, 0.6) is 0 Å². The number of nitrogens with zero attached hydrogens (tertiary/aromatic N) is 2. The molecule has 1 aromatic carbocycles. The van der Waals surface area contributed by atoms with Crippen molar-refractivity contribution in [1.29, 1.82) is 0 Å². The summed E-state index contributed by atoms with van der Waals surface area (Å²) in [7, 11) is 0. The summed E-state index contributed by atoms with van der Waals surface area (Å²) >= 11 is 1.59. The molecule has 0 saturated carbocycles. The summed E-state index contributed by atoms with van der Waals surface area (Å²) in [5, 5.41) is 14.7. The average Bonchev–Trinajstić information content (AvgIpc) is 3.59. The van der Waals surface area contributed by atoms with E-state index in [4.69, 9.17) is 5.11 Å². The number of carboxylic acid groups (broad SMARTS) is 1. The average molecular weight is 587 g/mol. The van der Waals surface area contributed by atoms with Crippen LogP contribution in [0.15, 0.2) is 29.8 Å². The molecule has 1 aliphatic heterocycles. The molecule has 41 heavy (non-hydrogen) atoms. The van der Waals surface area contributed by atoms with E-state index in [0.29, 0.717) is 32.2 Å². The molecule has 0 bridgehead atoms. The normalized spacial score (nSPS) is 16.3. The third kappa shape index (κ3) is 9.66. The molecule has 0 radical (unpaired) electrons. The Morgan fingerprint density at radius 1 is 1.07 bits per heavy atom. The number of hydrogen-bond donors (Lipinski definition) is 3. The number of aryl methyl sites for hydroxylation is 1. The Labute approximate surface area is 248 Å². The lowest BCUT2D eigenvalue weighted by atomic mass is 9.85. The maximum absolute atomic E-state index is 13.6. The van der Waals surface area contributed by atoms with E-state index in [1.54, 1.807) is 16.2 Å². The molecule has 226 valence electrons. The van der Waals surface area contributed by atoms with Gasteiger partial charge in [0, 0.05) is 19.4 Å². The number of benzene rings is 1. The van der Waals surface area contributed by atoms with Crippen LogP contribution in [-0.2, 0) is 19.2 Å². The molecule has 3 atom stereocenters. The summed E-state index contributed by atoms with van der Waals surface area (Å²) in [6.07, 6.45) is 2.26. The SMILES string of the molecule is CC.Cc1ncsc1-c1ccc(C(C)NC(=O)C2CCCN2C(=O)C(NC(=O)CCCCC(=O)O)C(C)(C)C)cc1. The first-order valence-corrected chi connectivity index (χ1v) is 15.4. The van der Waals surface area contributed by atoms with Crippen LogP contribution in [0.3, 0.4) is 0 Å². The predicted octanol–water partition coefficient (Wildman–Crippen LogP) is 5.49. The highest BCUT2D eigenvalue weighted by Gasteiger charge is 2.42. The van der Waals surface area contributed by atoms with Crippen LogP contribution in [0, 0.1) is 12.3 Å². The van der Waals surface area contributed by atoms with Crippen LogP contribution in [0.4, 0.5) is 0 Å². The van der Waals surface area contributed by atoms with Gasteiger partial charge in [-0.3, -0.25) is 19.2 Å². The van der Waals surface area contributed by atoms with Crippen LogP contribution < -0.4 is 10.6 Å². The highest BCUT2D eigenvalue weighted by molar-refractivity contribution is 7.13. The van der Waals surface area contributed by atoms with Crippen LogP contribution in [0.25, 0.3) is 10.4 Å². The lowest BCUT2D eigenvalue weighted by molar-refractivity contribution is -0.144. The summed E-state index contributed by atoms with van der Waals surface area (Å²) in [6, 6.07) is 6.42. The fraction of sp³-hybridized carbons (Fsp3) is 0.581. The topological polar surface area (TPSA) is 129 Å². The van der Waals surface area contributed by atoms with Crippen molar-refractivity contribution in [3.8, 4) is 10.4 Å². The number of carboxylic acids is 1. The molecule has 1 fully saturated rings. The molecule has 10 heteroatoms. The molecule has 3 amide bonds. The highest BCUT2D eigenvalue weighted by Crippen LogP contribution is 2.29. The van der Waals surface area contributed by atoms with Crippen molar-refractivity contribution in [3.05, 3.63) is 41.0 Å².